The van der Waals surface area contributed by atoms with Crippen LogP contribution >= 0.6 is 0 Å². The van der Waals surface area contributed by atoms with E-state index >= 15 is 0 Å². The molecule has 0 aliphatic heterocycles. The molecular weight excluding hydrogens is 318 g/mol. The molecular formula is C19H29N3O3. The van der Waals surface area contributed by atoms with Gasteiger partial charge in [0.2, 0.25) is 5.91 Å². The summed E-state index contributed by atoms with van der Waals surface area (Å²) in [7, 11) is 0. The maximum Gasteiger partial charge on any atom is 0.407 e. The smallest absolute Gasteiger partial charge is 0.407 e. The predicted octanol–water partition coefficient (Wildman–Crippen LogP) is 2.97. The molecule has 0 aromatic carbocycles. The molecule has 0 unspecified atom stereocenters. The van der Waals surface area contributed by atoms with Crippen molar-refractivity contribution in [3.8, 4) is 0 Å². The molecule has 0 radical (unpaired) electrons. The van der Waals surface area contributed by atoms with Crippen molar-refractivity contribution in [2.75, 3.05) is 6.54 Å². The van der Waals surface area contributed by atoms with Gasteiger partial charge in [-0.25, -0.2) is 4.79 Å². The van der Waals surface area contributed by atoms with E-state index in [1.807, 2.05) is 39.0 Å². The molecule has 1 aromatic rings. The first-order chi connectivity index (χ1) is 11.8. The molecule has 2 rings (SSSR count). The number of rotatable bonds is 6. The van der Waals surface area contributed by atoms with Crippen LogP contribution in [0.25, 0.3) is 0 Å². The van der Waals surface area contributed by atoms with E-state index in [-0.39, 0.29) is 11.4 Å². The van der Waals surface area contributed by atoms with Crippen molar-refractivity contribution >= 4 is 12.0 Å². The molecule has 2 amide bonds. The van der Waals surface area contributed by atoms with Crippen LogP contribution in [0.5, 0.6) is 0 Å². The molecule has 6 nitrogen and oxygen atoms in total. The summed E-state index contributed by atoms with van der Waals surface area (Å²) < 4.78 is 5.28. The maximum atomic E-state index is 12.4. The van der Waals surface area contributed by atoms with Crippen LogP contribution in [0.15, 0.2) is 24.4 Å². The number of carbonyl (C=O) groups is 2. The van der Waals surface area contributed by atoms with Crippen LogP contribution < -0.4 is 10.6 Å². The number of nitrogens with one attached hydrogen (secondary N) is 2. The Labute approximate surface area is 149 Å². The molecule has 0 spiro atoms. The topological polar surface area (TPSA) is 80.3 Å². The Bertz CT molecular complexity index is 575. The molecule has 6 heteroatoms. The normalized spacial score (nSPS) is 16.3. The van der Waals surface area contributed by atoms with Gasteiger partial charge < -0.3 is 15.4 Å². The van der Waals surface area contributed by atoms with Crippen molar-refractivity contribution in [3.05, 3.63) is 30.1 Å². The molecule has 1 aromatic heterocycles. The Morgan fingerprint density at radius 2 is 1.96 bits per heavy atom. The van der Waals surface area contributed by atoms with E-state index in [4.69, 9.17) is 4.74 Å². The van der Waals surface area contributed by atoms with Crippen molar-refractivity contribution in [2.45, 2.75) is 70.4 Å². The van der Waals surface area contributed by atoms with E-state index in [0.717, 1.165) is 31.4 Å². The van der Waals surface area contributed by atoms with E-state index in [2.05, 4.69) is 15.6 Å². The molecule has 1 aliphatic carbocycles. The third kappa shape index (κ3) is 6.72. The van der Waals surface area contributed by atoms with E-state index < -0.39 is 11.7 Å². The first-order valence-corrected chi connectivity index (χ1v) is 8.96. The molecule has 0 atom stereocenters. The summed E-state index contributed by atoms with van der Waals surface area (Å²) in [6, 6.07) is 5.70. The van der Waals surface area contributed by atoms with Crippen molar-refractivity contribution in [2.24, 2.45) is 0 Å². The lowest BCUT2D eigenvalue weighted by Crippen LogP contribution is -2.54. The number of aromatic nitrogens is 1. The van der Waals surface area contributed by atoms with Gasteiger partial charge >= 0.3 is 6.09 Å². The highest BCUT2D eigenvalue weighted by Gasteiger charge is 2.36. The zero-order chi connectivity index (χ0) is 18.3. The second-order valence-corrected chi connectivity index (χ2v) is 7.71. The Morgan fingerprint density at radius 3 is 2.56 bits per heavy atom. The van der Waals surface area contributed by atoms with Gasteiger partial charge in [-0.3, -0.25) is 9.78 Å². The van der Waals surface area contributed by atoms with E-state index in [0.29, 0.717) is 19.4 Å². The number of aryl methyl sites for hydroxylation is 1. The molecule has 1 saturated carbocycles. The molecule has 25 heavy (non-hydrogen) atoms. The Balaban J connectivity index is 1.84. The standard InChI is InChI=1S/C19H29N3O3/c1-18(2,3)25-17(24)21-14-19(11-5-6-12-19)22-16(23)10-9-15-8-4-7-13-20-15/h4,7-8,13H,5-6,9-12,14H2,1-3H3,(H,21,24)(H,22,23). The average molecular weight is 347 g/mol. The minimum atomic E-state index is -0.529. The monoisotopic (exact) mass is 347 g/mol. The minimum absolute atomic E-state index is 0.00135. The van der Waals surface area contributed by atoms with Crippen LogP contribution in [0.3, 0.4) is 0 Å². The summed E-state index contributed by atoms with van der Waals surface area (Å²) >= 11 is 0. The van der Waals surface area contributed by atoms with Crippen molar-refractivity contribution in [3.63, 3.8) is 0 Å². The van der Waals surface area contributed by atoms with Crippen LogP contribution in [0.1, 0.15) is 58.6 Å². The second kappa shape index (κ2) is 8.32. The molecule has 138 valence electrons. The van der Waals surface area contributed by atoms with Crippen LogP contribution in [0.4, 0.5) is 4.79 Å². The first kappa shape index (κ1) is 19.2. The van der Waals surface area contributed by atoms with Crippen LogP contribution in [-0.4, -0.2) is 34.7 Å². The highest BCUT2D eigenvalue weighted by atomic mass is 16.6. The van der Waals surface area contributed by atoms with Gasteiger partial charge in [-0.15, -0.1) is 0 Å². The Morgan fingerprint density at radius 1 is 1.24 bits per heavy atom. The zero-order valence-electron chi connectivity index (χ0n) is 15.4. The van der Waals surface area contributed by atoms with Gasteiger partial charge in [-0.05, 0) is 52.2 Å². The van der Waals surface area contributed by atoms with Crippen molar-refractivity contribution in [1.82, 2.24) is 15.6 Å². The number of amides is 2. The van der Waals surface area contributed by atoms with Gasteiger partial charge in [-0.2, -0.15) is 0 Å². The molecule has 1 heterocycles. The number of carbonyl (C=O) groups excluding carboxylic acids is 2. The number of hydrogen-bond acceptors (Lipinski definition) is 4. The van der Waals surface area contributed by atoms with Gasteiger partial charge in [0.15, 0.2) is 0 Å². The highest BCUT2D eigenvalue weighted by Crippen LogP contribution is 2.29. The molecule has 0 saturated heterocycles. The minimum Gasteiger partial charge on any atom is -0.444 e. The van der Waals surface area contributed by atoms with Crippen LogP contribution in [-0.2, 0) is 16.0 Å². The van der Waals surface area contributed by atoms with Crippen molar-refractivity contribution < 1.29 is 14.3 Å². The molecule has 0 bridgehead atoms. The van der Waals surface area contributed by atoms with Gasteiger partial charge in [-0.1, -0.05) is 18.9 Å². The van der Waals surface area contributed by atoms with E-state index in [1.54, 1.807) is 6.20 Å². The lowest BCUT2D eigenvalue weighted by atomic mass is 9.97. The summed E-state index contributed by atoms with van der Waals surface area (Å²) in [5, 5.41) is 5.96. The number of nitrogens with zero attached hydrogens (tertiary/aromatic N) is 1. The molecule has 1 aliphatic rings. The first-order valence-electron chi connectivity index (χ1n) is 8.96. The lowest BCUT2D eigenvalue weighted by molar-refractivity contribution is -0.123. The third-order valence-electron chi connectivity index (χ3n) is 4.27. The summed E-state index contributed by atoms with van der Waals surface area (Å²) in [6.07, 6.45) is 6.15. The van der Waals surface area contributed by atoms with Gasteiger partial charge in [0, 0.05) is 24.9 Å². The molecule has 2 N–H and O–H groups in total. The summed E-state index contributed by atoms with van der Waals surface area (Å²) in [6.45, 7) is 5.89. The number of alkyl carbamates (subject to hydrolysis) is 1. The largest absolute Gasteiger partial charge is 0.444 e. The van der Waals surface area contributed by atoms with Crippen LogP contribution in [0.2, 0.25) is 0 Å². The Kier molecular flexibility index (Phi) is 6.39. The highest BCUT2D eigenvalue weighted by molar-refractivity contribution is 5.77. The maximum absolute atomic E-state index is 12.4. The SMILES string of the molecule is CC(C)(C)OC(=O)NCC1(NC(=O)CCc2ccccn2)CCCC1. The fourth-order valence-corrected chi connectivity index (χ4v) is 3.10. The van der Waals surface area contributed by atoms with E-state index in [9.17, 15) is 9.59 Å². The molecule has 1 fully saturated rings. The quantitative estimate of drug-likeness (QED) is 0.829. The number of ether oxygens (including phenoxy) is 1. The predicted molar refractivity (Wildman–Crippen MR) is 96.1 cm³/mol. The van der Waals surface area contributed by atoms with Gasteiger partial charge in [0.1, 0.15) is 5.60 Å². The lowest BCUT2D eigenvalue weighted by Gasteiger charge is -2.31. The summed E-state index contributed by atoms with van der Waals surface area (Å²) in [5.41, 5.74) is 0.0155. The average Bonchev–Trinajstić information content (AvgIpc) is 2.99. The summed E-state index contributed by atoms with van der Waals surface area (Å²) in [5.74, 6) is -0.00135. The fourth-order valence-electron chi connectivity index (χ4n) is 3.10. The second-order valence-electron chi connectivity index (χ2n) is 7.71. The Hall–Kier alpha value is -2.11. The number of hydrogen-bond donors (Lipinski definition) is 2. The van der Waals surface area contributed by atoms with Gasteiger partial charge in [0.05, 0.1) is 5.54 Å². The van der Waals surface area contributed by atoms with Crippen molar-refractivity contribution in [1.29, 1.82) is 0 Å². The summed E-state index contributed by atoms with van der Waals surface area (Å²) in [4.78, 5) is 28.5. The van der Waals surface area contributed by atoms with E-state index in [1.165, 1.54) is 0 Å². The zero-order valence-corrected chi connectivity index (χ0v) is 15.4. The fraction of sp³-hybridized carbons (Fsp3) is 0.632. The van der Waals surface area contributed by atoms with Gasteiger partial charge in [0.25, 0.3) is 0 Å². The third-order valence-corrected chi connectivity index (χ3v) is 4.27. The number of pyridine rings is 1. The van der Waals surface area contributed by atoms with Crippen LogP contribution in [0, 0.1) is 0 Å².